The van der Waals surface area contributed by atoms with Crippen molar-refractivity contribution < 1.29 is 14.3 Å². The average molecular weight is 562 g/mol. The van der Waals surface area contributed by atoms with Crippen LogP contribution in [0.4, 0.5) is 0 Å². The summed E-state index contributed by atoms with van der Waals surface area (Å²) in [7, 11) is 1.60. The number of ether oxygens (including phenoxy) is 2. The second-order valence-electron chi connectivity index (χ2n) is 7.98. The van der Waals surface area contributed by atoms with Crippen molar-refractivity contribution in [2.45, 2.75) is 32.9 Å². The molecule has 1 aliphatic rings. The van der Waals surface area contributed by atoms with Crippen molar-refractivity contribution in [3.05, 3.63) is 94.0 Å². The Morgan fingerprint density at radius 2 is 1.94 bits per heavy atom. The van der Waals surface area contributed by atoms with Gasteiger partial charge in [0.15, 0.2) is 4.80 Å². The van der Waals surface area contributed by atoms with Crippen LogP contribution in [-0.4, -0.2) is 23.8 Å². The van der Waals surface area contributed by atoms with Crippen LogP contribution in [-0.2, 0) is 9.53 Å². The molecule has 0 aliphatic carbocycles. The first-order valence-corrected chi connectivity index (χ1v) is 12.5. The minimum Gasteiger partial charge on any atom is -0.496 e. The number of carbonyl (C=O) groups is 1. The van der Waals surface area contributed by atoms with E-state index in [0.29, 0.717) is 31.4 Å². The number of aromatic nitrogens is 1. The Hall–Kier alpha value is -2.68. The molecule has 4 rings (SSSR count). The second kappa shape index (κ2) is 9.90. The van der Waals surface area contributed by atoms with Gasteiger partial charge in [-0.25, -0.2) is 9.79 Å². The van der Waals surface area contributed by atoms with Crippen LogP contribution in [0.5, 0.6) is 5.75 Å². The third-order valence-corrected chi connectivity index (χ3v) is 7.10. The quantitative estimate of drug-likeness (QED) is 0.427. The molecule has 0 N–H and O–H groups in total. The number of halogens is 2. The van der Waals surface area contributed by atoms with Gasteiger partial charge in [0, 0.05) is 5.02 Å². The summed E-state index contributed by atoms with van der Waals surface area (Å²) in [4.78, 5) is 31.8. The molecule has 0 bridgehead atoms. The molecule has 1 aromatic heterocycles. The topological polar surface area (TPSA) is 69.9 Å². The number of rotatable bonds is 5. The van der Waals surface area contributed by atoms with E-state index in [2.05, 4.69) is 20.9 Å². The molecule has 0 spiro atoms. The van der Waals surface area contributed by atoms with Gasteiger partial charge in [0.1, 0.15) is 5.75 Å². The summed E-state index contributed by atoms with van der Waals surface area (Å²) in [6.07, 6.45) is 1.50. The van der Waals surface area contributed by atoms with E-state index in [1.807, 2.05) is 30.3 Å². The number of carbonyl (C=O) groups excluding carboxylic acids is 1. The number of thiazole rings is 1. The van der Waals surface area contributed by atoms with E-state index >= 15 is 0 Å². The minimum atomic E-state index is -0.676. The monoisotopic (exact) mass is 560 g/mol. The molecule has 34 heavy (non-hydrogen) atoms. The first-order chi connectivity index (χ1) is 16.2. The van der Waals surface area contributed by atoms with Gasteiger partial charge < -0.3 is 9.47 Å². The Morgan fingerprint density at radius 1 is 1.24 bits per heavy atom. The molecule has 1 atom stereocenters. The highest BCUT2D eigenvalue weighted by Crippen LogP contribution is 2.31. The SMILES string of the molecule is COc1ccc(C=c2sc3n(c2=O)C(c2ccc(Cl)cc2)C(C(=O)OC(C)C)=C(C)N=3)cc1Br. The van der Waals surface area contributed by atoms with E-state index in [9.17, 15) is 9.59 Å². The van der Waals surface area contributed by atoms with Gasteiger partial charge in [-0.15, -0.1) is 0 Å². The molecule has 3 aromatic rings. The maximum absolute atomic E-state index is 13.6. The van der Waals surface area contributed by atoms with E-state index in [1.165, 1.54) is 11.3 Å². The van der Waals surface area contributed by atoms with E-state index in [0.717, 1.165) is 15.6 Å². The van der Waals surface area contributed by atoms with Crippen molar-refractivity contribution in [3.63, 3.8) is 0 Å². The van der Waals surface area contributed by atoms with Crippen LogP contribution in [0, 0.1) is 0 Å². The maximum Gasteiger partial charge on any atom is 0.338 e. The number of benzene rings is 2. The molecular weight excluding hydrogens is 540 g/mol. The summed E-state index contributed by atoms with van der Waals surface area (Å²) in [5.74, 6) is 0.204. The van der Waals surface area contributed by atoms with Crippen molar-refractivity contribution >= 4 is 50.9 Å². The fourth-order valence-corrected chi connectivity index (χ4v) is 5.48. The fourth-order valence-electron chi connectivity index (χ4n) is 3.74. The standard InChI is InChI=1S/C25H22BrClN2O4S/c1-13(2)33-24(31)21-14(3)28-25-29(22(21)16-6-8-17(27)9-7-16)23(30)20(34-25)12-15-5-10-19(32-4)18(26)11-15/h5-13,22H,1-4H3. The minimum absolute atomic E-state index is 0.238. The molecule has 0 fully saturated rings. The van der Waals surface area contributed by atoms with Gasteiger partial charge >= 0.3 is 5.97 Å². The largest absolute Gasteiger partial charge is 0.496 e. The highest BCUT2D eigenvalue weighted by Gasteiger charge is 2.33. The lowest BCUT2D eigenvalue weighted by Crippen LogP contribution is -2.40. The Kier molecular flexibility index (Phi) is 7.12. The molecule has 1 unspecified atom stereocenters. The summed E-state index contributed by atoms with van der Waals surface area (Å²) >= 11 is 10.9. The van der Waals surface area contributed by atoms with Gasteiger partial charge in [-0.05, 0) is 78.2 Å². The molecule has 9 heteroatoms. The molecule has 0 saturated heterocycles. The van der Waals surface area contributed by atoms with E-state index in [-0.39, 0.29) is 11.7 Å². The molecule has 176 valence electrons. The number of allylic oxidation sites excluding steroid dienone is 1. The van der Waals surface area contributed by atoms with Gasteiger partial charge in [-0.1, -0.05) is 41.1 Å². The average Bonchev–Trinajstić information content (AvgIpc) is 3.07. The van der Waals surface area contributed by atoms with Gasteiger partial charge in [0.25, 0.3) is 5.56 Å². The van der Waals surface area contributed by atoms with Crippen molar-refractivity contribution in [3.8, 4) is 5.75 Å². The molecule has 0 saturated carbocycles. The first kappa shape index (κ1) is 24.4. The van der Waals surface area contributed by atoms with Crippen molar-refractivity contribution in [2.24, 2.45) is 4.99 Å². The van der Waals surface area contributed by atoms with Crippen LogP contribution in [0.15, 0.2) is 68.0 Å². The van der Waals surface area contributed by atoms with Crippen molar-refractivity contribution in [2.75, 3.05) is 7.11 Å². The zero-order valence-electron chi connectivity index (χ0n) is 19.0. The summed E-state index contributed by atoms with van der Waals surface area (Å²) in [6.45, 7) is 5.33. The molecule has 2 aromatic carbocycles. The molecule has 1 aliphatic heterocycles. The van der Waals surface area contributed by atoms with Gasteiger partial charge in [0.2, 0.25) is 0 Å². The maximum atomic E-state index is 13.6. The lowest BCUT2D eigenvalue weighted by atomic mass is 9.96. The summed E-state index contributed by atoms with van der Waals surface area (Å²) in [5, 5.41) is 0.563. The Morgan fingerprint density at radius 3 is 2.56 bits per heavy atom. The fraction of sp³-hybridized carbons (Fsp3) is 0.240. The van der Waals surface area contributed by atoms with Gasteiger partial charge in [-0.3, -0.25) is 9.36 Å². The van der Waals surface area contributed by atoms with Crippen molar-refractivity contribution in [1.29, 1.82) is 0 Å². The number of nitrogens with zero attached hydrogens (tertiary/aromatic N) is 2. The zero-order chi connectivity index (χ0) is 24.6. The van der Waals surface area contributed by atoms with Crippen LogP contribution in [0.2, 0.25) is 5.02 Å². The van der Waals surface area contributed by atoms with Crippen LogP contribution in [0.25, 0.3) is 6.08 Å². The number of fused-ring (bicyclic) bond motifs is 1. The number of methoxy groups -OCH3 is 1. The number of hydrogen-bond donors (Lipinski definition) is 0. The smallest absolute Gasteiger partial charge is 0.338 e. The van der Waals surface area contributed by atoms with Crippen LogP contribution < -0.4 is 19.6 Å². The lowest BCUT2D eigenvalue weighted by molar-refractivity contribution is -0.143. The van der Waals surface area contributed by atoms with Crippen LogP contribution >= 0.6 is 38.9 Å². The predicted molar refractivity (Wildman–Crippen MR) is 137 cm³/mol. The highest BCUT2D eigenvalue weighted by atomic mass is 79.9. The zero-order valence-corrected chi connectivity index (χ0v) is 22.1. The number of esters is 1. The first-order valence-electron chi connectivity index (χ1n) is 10.5. The van der Waals surface area contributed by atoms with E-state index in [1.54, 1.807) is 50.7 Å². The van der Waals surface area contributed by atoms with Crippen molar-refractivity contribution in [1.82, 2.24) is 4.57 Å². The van der Waals surface area contributed by atoms with Crippen LogP contribution in [0.3, 0.4) is 0 Å². The summed E-state index contributed by atoms with van der Waals surface area (Å²) < 4.78 is 13.6. The molecule has 0 radical (unpaired) electrons. The summed E-state index contributed by atoms with van der Waals surface area (Å²) in [6, 6.07) is 12.0. The highest BCUT2D eigenvalue weighted by molar-refractivity contribution is 9.10. The Bertz CT molecular complexity index is 1470. The lowest BCUT2D eigenvalue weighted by Gasteiger charge is -2.25. The Labute approximate surface area is 213 Å². The van der Waals surface area contributed by atoms with E-state index in [4.69, 9.17) is 21.1 Å². The Balaban J connectivity index is 1.92. The normalized spacial score (nSPS) is 15.9. The van der Waals surface area contributed by atoms with Gasteiger partial charge in [0.05, 0.1) is 39.5 Å². The molecule has 2 heterocycles. The summed E-state index contributed by atoms with van der Waals surface area (Å²) in [5.41, 5.74) is 2.19. The van der Waals surface area contributed by atoms with E-state index < -0.39 is 12.0 Å². The predicted octanol–water partition coefficient (Wildman–Crippen LogP) is 4.61. The third-order valence-electron chi connectivity index (χ3n) is 5.24. The van der Waals surface area contributed by atoms with Gasteiger partial charge in [-0.2, -0.15) is 0 Å². The van der Waals surface area contributed by atoms with Crippen LogP contribution in [0.1, 0.15) is 37.9 Å². The number of hydrogen-bond acceptors (Lipinski definition) is 6. The third kappa shape index (κ3) is 4.76. The molecule has 0 amide bonds. The second-order valence-corrected chi connectivity index (χ2v) is 10.3. The molecule has 6 nitrogen and oxygen atoms in total. The molecular formula is C25H22BrClN2O4S.